The van der Waals surface area contributed by atoms with Crippen molar-refractivity contribution >= 4 is 0 Å². The molecule has 0 aliphatic rings. The third-order valence-electron chi connectivity index (χ3n) is 1.74. The third kappa shape index (κ3) is 11.8. The average molecular weight is 242 g/mol. The second-order valence-corrected chi connectivity index (χ2v) is 3.18. The lowest BCUT2D eigenvalue weighted by Crippen LogP contribution is -2.31. The molecule has 0 aromatic heterocycles. The van der Waals surface area contributed by atoms with E-state index in [9.17, 15) is 0 Å². The van der Waals surface area contributed by atoms with Crippen LogP contribution < -0.4 is 0 Å². The Morgan fingerprint density at radius 1 is 0.625 bits per heavy atom. The highest BCUT2D eigenvalue weighted by molar-refractivity contribution is 4.62. The van der Waals surface area contributed by atoms with Gasteiger partial charge < -0.3 is 35.7 Å². The van der Waals surface area contributed by atoms with Crippen molar-refractivity contribution in [1.82, 2.24) is 0 Å². The van der Waals surface area contributed by atoms with Crippen LogP contribution in [0.4, 0.5) is 0 Å². The Bertz CT molecular complexity index is 119. The molecule has 100 valence electrons. The van der Waals surface area contributed by atoms with Gasteiger partial charge in [0, 0.05) is 13.2 Å². The van der Waals surface area contributed by atoms with E-state index in [1.807, 2.05) is 0 Å². The lowest BCUT2D eigenvalue weighted by molar-refractivity contribution is -0.0388. The first-order valence-corrected chi connectivity index (χ1v) is 5.01. The second-order valence-electron chi connectivity index (χ2n) is 3.18. The molecule has 2 unspecified atom stereocenters. The Kier molecular flexibility index (Phi) is 14.5. The Balaban J connectivity index is 0. The van der Waals surface area contributed by atoms with Gasteiger partial charge in [0.05, 0.1) is 19.3 Å². The molecule has 0 rings (SSSR count). The lowest BCUT2D eigenvalue weighted by Gasteiger charge is -2.10. The van der Waals surface area contributed by atoms with Gasteiger partial charge in [0.2, 0.25) is 0 Å². The fourth-order valence-electron chi connectivity index (χ4n) is 0.686. The quantitative estimate of drug-likeness (QED) is 0.249. The van der Waals surface area contributed by atoms with Crippen molar-refractivity contribution in [3.05, 3.63) is 0 Å². The molecule has 0 spiro atoms. The highest BCUT2D eigenvalue weighted by Crippen LogP contribution is 1.93. The van der Waals surface area contributed by atoms with Gasteiger partial charge in [-0.1, -0.05) is 0 Å². The van der Waals surface area contributed by atoms with Gasteiger partial charge in [-0.15, -0.1) is 0 Å². The molecule has 0 saturated heterocycles. The van der Waals surface area contributed by atoms with Crippen LogP contribution in [0.3, 0.4) is 0 Å². The van der Waals surface area contributed by atoms with Gasteiger partial charge >= 0.3 is 0 Å². The van der Waals surface area contributed by atoms with Crippen LogP contribution in [0, 0.1) is 0 Å². The molecule has 0 amide bonds. The van der Waals surface area contributed by atoms with E-state index in [2.05, 4.69) is 0 Å². The summed E-state index contributed by atoms with van der Waals surface area (Å²) in [5, 5.41) is 58.3. The van der Waals surface area contributed by atoms with Crippen molar-refractivity contribution in [1.29, 1.82) is 0 Å². The van der Waals surface area contributed by atoms with Crippen LogP contribution in [0.25, 0.3) is 0 Å². The van der Waals surface area contributed by atoms with Crippen molar-refractivity contribution < 1.29 is 35.7 Å². The molecule has 0 radical (unpaired) electrons. The van der Waals surface area contributed by atoms with Gasteiger partial charge in [-0.25, -0.2) is 0 Å². The Hall–Kier alpha value is -0.280. The van der Waals surface area contributed by atoms with Crippen molar-refractivity contribution in [3.8, 4) is 0 Å². The maximum atomic E-state index is 8.73. The van der Waals surface area contributed by atoms with Gasteiger partial charge in [0.15, 0.2) is 0 Å². The second kappa shape index (κ2) is 12.8. The van der Waals surface area contributed by atoms with E-state index in [4.69, 9.17) is 35.7 Å². The van der Waals surface area contributed by atoms with Crippen molar-refractivity contribution in [3.63, 3.8) is 0 Å². The van der Waals surface area contributed by atoms with Crippen LogP contribution in [0.1, 0.15) is 12.8 Å². The van der Waals surface area contributed by atoms with E-state index in [0.717, 1.165) is 0 Å². The minimum absolute atomic E-state index is 0.0127. The molecule has 7 nitrogen and oxygen atoms in total. The Morgan fingerprint density at radius 2 is 0.938 bits per heavy atom. The summed E-state index contributed by atoms with van der Waals surface area (Å²) in [4.78, 5) is 0. The number of aliphatic hydroxyl groups excluding tert-OH is 7. The van der Waals surface area contributed by atoms with Gasteiger partial charge in [-0.05, 0) is 12.8 Å². The zero-order chi connectivity index (χ0) is 13.0. The van der Waals surface area contributed by atoms with Crippen molar-refractivity contribution in [2.45, 2.75) is 31.2 Å². The van der Waals surface area contributed by atoms with Crippen LogP contribution in [0.5, 0.6) is 0 Å². The number of rotatable bonds is 7. The monoisotopic (exact) mass is 242 g/mol. The van der Waals surface area contributed by atoms with Gasteiger partial charge in [-0.2, -0.15) is 0 Å². The molecule has 0 aliphatic carbocycles. The summed E-state index contributed by atoms with van der Waals surface area (Å²) in [6.07, 6.45) is -2.26. The van der Waals surface area contributed by atoms with Gasteiger partial charge in [0.25, 0.3) is 0 Å². The fourth-order valence-corrected chi connectivity index (χ4v) is 0.686. The summed E-state index contributed by atoms with van der Waals surface area (Å²) in [7, 11) is 0. The summed E-state index contributed by atoms with van der Waals surface area (Å²) in [5.74, 6) is 0. The van der Waals surface area contributed by atoms with Crippen LogP contribution in [-0.2, 0) is 0 Å². The molecular formula is C9H22O7. The summed E-state index contributed by atoms with van der Waals surface area (Å²) >= 11 is 0. The van der Waals surface area contributed by atoms with E-state index in [1.165, 1.54) is 0 Å². The maximum absolute atomic E-state index is 8.73. The number of aliphatic hydroxyl groups is 7. The van der Waals surface area contributed by atoms with Gasteiger partial charge in [-0.3, -0.25) is 0 Å². The van der Waals surface area contributed by atoms with Crippen LogP contribution in [0.15, 0.2) is 0 Å². The smallest absolute Gasteiger partial charge is 0.105 e. The minimum Gasteiger partial charge on any atom is -0.396 e. The molecule has 0 aromatic rings. The van der Waals surface area contributed by atoms with Crippen molar-refractivity contribution in [2.75, 3.05) is 26.4 Å². The molecule has 7 heteroatoms. The molecular weight excluding hydrogens is 220 g/mol. The minimum atomic E-state index is -1.22. The van der Waals surface area contributed by atoms with Crippen LogP contribution >= 0.6 is 0 Å². The molecule has 0 bridgehead atoms. The Labute approximate surface area is 94.2 Å². The molecule has 0 aliphatic heterocycles. The number of hydrogen-bond acceptors (Lipinski definition) is 7. The average Bonchev–Trinajstić information content (AvgIpc) is 2.28. The highest BCUT2D eigenvalue weighted by atomic mass is 16.4. The van der Waals surface area contributed by atoms with Gasteiger partial charge in [0.1, 0.15) is 12.2 Å². The first-order valence-electron chi connectivity index (χ1n) is 5.01. The first kappa shape index (κ1) is 18.1. The summed E-state index contributed by atoms with van der Waals surface area (Å²) in [5.41, 5.74) is 0. The first-order chi connectivity index (χ1) is 7.53. The van der Waals surface area contributed by atoms with E-state index in [1.54, 1.807) is 0 Å². The SMILES string of the molecule is OCC(O)C(O)CO.OCCC(O)CCO. The molecule has 2 atom stereocenters. The van der Waals surface area contributed by atoms with Crippen LogP contribution in [0.2, 0.25) is 0 Å². The highest BCUT2D eigenvalue weighted by Gasteiger charge is 2.12. The van der Waals surface area contributed by atoms with Crippen molar-refractivity contribution in [2.24, 2.45) is 0 Å². The van der Waals surface area contributed by atoms with E-state index in [-0.39, 0.29) is 13.2 Å². The zero-order valence-electron chi connectivity index (χ0n) is 9.11. The molecule has 0 fully saturated rings. The molecule has 0 saturated carbocycles. The summed E-state index contributed by atoms with van der Waals surface area (Å²) in [6, 6.07) is 0. The summed E-state index contributed by atoms with van der Waals surface area (Å²) < 4.78 is 0. The standard InChI is InChI=1S/C5H12O3.C4H10O4/c6-3-1-5(8)2-4-7;5-1-3(7)4(8)2-6/h5-8H,1-4H2;3-8H,1-2H2. The molecule has 7 N–H and O–H groups in total. The number of hydrogen-bond donors (Lipinski definition) is 7. The fraction of sp³-hybridized carbons (Fsp3) is 1.00. The largest absolute Gasteiger partial charge is 0.396 e. The summed E-state index contributed by atoms with van der Waals surface area (Å²) in [6.45, 7) is -1.08. The molecule has 16 heavy (non-hydrogen) atoms. The predicted octanol–water partition coefficient (Wildman–Crippen LogP) is -3.20. The normalized spacial score (nSPS) is 14.2. The third-order valence-corrected chi connectivity index (χ3v) is 1.74. The van der Waals surface area contributed by atoms with Crippen LogP contribution in [-0.4, -0.2) is 80.5 Å². The Morgan fingerprint density at radius 3 is 1.12 bits per heavy atom. The predicted molar refractivity (Wildman–Crippen MR) is 55.6 cm³/mol. The maximum Gasteiger partial charge on any atom is 0.105 e. The molecule has 0 heterocycles. The topological polar surface area (TPSA) is 142 Å². The van der Waals surface area contributed by atoms with E-state index >= 15 is 0 Å². The zero-order valence-corrected chi connectivity index (χ0v) is 9.11. The lowest BCUT2D eigenvalue weighted by atomic mass is 10.2. The molecule has 0 aromatic carbocycles. The van der Waals surface area contributed by atoms with E-state index < -0.39 is 31.5 Å². The van der Waals surface area contributed by atoms with E-state index in [0.29, 0.717) is 12.8 Å².